The zero-order valence-corrected chi connectivity index (χ0v) is 10.1. The van der Waals surface area contributed by atoms with E-state index in [0.717, 1.165) is 25.0 Å². The van der Waals surface area contributed by atoms with Gasteiger partial charge in [0.15, 0.2) is 11.6 Å². The largest absolute Gasteiger partial charge is 0.356 e. The molecule has 1 amide bonds. The molecule has 0 radical (unpaired) electrons. The number of carbonyl (C=O) groups is 1. The first-order chi connectivity index (χ1) is 8.13. The van der Waals surface area contributed by atoms with Crippen LogP contribution in [0.25, 0.3) is 0 Å². The molecule has 0 saturated carbocycles. The third-order valence-corrected chi connectivity index (χ3v) is 2.50. The van der Waals surface area contributed by atoms with Gasteiger partial charge in [0.1, 0.15) is 0 Å². The standard InChI is InChI=1S/C12H14ClF2NO/c13-5-1-2-6-16-12(17)8-9-3-4-10(14)11(15)7-9/h3-4,7H,1-2,5-6,8H2,(H,16,17). The summed E-state index contributed by atoms with van der Waals surface area (Å²) in [4.78, 5) is 11.4. The van der Waals surface area contributed by atoms with Gasteiger partial charge in [-0.05, 0) is 30.5 Å². The van der Waals surface area contributed by atoms with E-state index in [0.29, 0.717) is 18.0 Å². The molecule has 94 valence electrons. The molecule has 0 saturated heterocycles. The summed E-state index contributed by atoms with van der Waals surface area (Å²) >= 11 is 5.49. The van der Waals surface area contributed by atoms with Crippen LogP contribution in [0, 0.1) is 11.6 Å². The predicted octanol–water partition coefficient (Wildman–Crippen LogP) is 2.64. The number of benzene rings is 1. The fourth-order valence-corrected chi connectivity index (χ4v) is 1.53. The van der Waals surface area contributed by atoms with Crippen molar-refractivity contribution < 1.29 is 13.6 Å². The Morgan fingerprint density at radius 3 is 2.65 bits per heavy atom. The Kier molecular flexibility index (Phi) is 5.91. The Morgan fingerprint density at radius 2 is 2.00 bits per heavy atom. The van der Waals surface area contributed by atoms with E-state index in [-0.39, 0.29) is 12.3 Å². The van der Waals surface area contributed by atoms with Gasteiger partial charge in [0, 0.05) is 12.4 Å². The number of hydrogen-bond acceptors (Lipinski definition) is 1. The van der Waals surface area contributed by atoms with E-state index in [1.807, 2.05) is 0 Å². The molecule has 0 atom stereocenters. The molecule has 0 spiro atoms. The lowest BCUT2D eigenvalue weighted by molar-refractivity contribution is -0.120. The lowest BCUT2D eigenvalue weighted by atomic mass is 10.1. The molecular weight excluding hydrogens is 248 g/mol. The van der Waals surface area contributed by atoms with Gasteiger partial charge in [-0.15, -0.1) is 11.6 Å². The first-order valence-corrected chi connectivity index (χ1v) is 5.93. The highest BCUT2D eigenvalue weighted by Crippen LogP contribution is 2.09. The van der Waals surface area contributed by atoms with Crippen molar-refractivity contribution >= 4 is 17.5 Å². The molecule has 5 heteroatoms. The van der Waals surface area contributed by atoms with E-state index in [2.05, 4.69) is 5.32 Å². The van der Waals surface area contributed by atoms with Crippen molar-refractivity contribution in [3.8, 4) is 0 Å². The summed E-state index contributed by atoms with van der Waals surface area (Å²) in [6.07, 6.45) is 1.71. The second-order valence-corrected chi connectivity index (χ2v) is 4.05. The van der Waals surface area contributed by atoms with Crippen LogP contribution in [0.5, 0.6) is 0 Å². The molecule has 0 unspecified atom stereocenters. The Balaban J connectivity index is 2.37. The Morgan fingerprint density at radius 1 is 1.24 bits per heavy atom. The van der Waals surface area contributed by atoms with E-state index in [4.69, 9.17) is 11.6 Å². The molecular formula is C12H14ClF2NO. The van der Waals surface area contributed by atoms with Crippen molar-refractivity contribution in [1.82, 2.24) is 5.32 Å². The molecule has 0 aliphatic carbocycles. The van der Waals surface area contributed by atoms with Gasteiger partial charge >= 0.3 is 0 Å². The summed E-state index contributed by atoms with van der Waals surface area (Å²) in [6.45, 7) is 0.551. The molecule has 0 aromatic heterocycles. The first-order valence-electron chi connectivity index (χ1n) is 5.40. The van der Waals surface area contributed by atoms with Crippen molar-refractivity contribution in [2.75, 3.05) is 12.4 Å². The number of unbranched alkanes of at least 4 members (excludes halogenated alkanes) is 1. The monoisotopic (exact) mass is 261 g/mol. The fourth-order valence-electron chi connectivity index (χ4n) is 1.34. The molecule has 1 aromatic rings. The minimum absolute atomic E-state index is 0.0536. The zero-order chi connectivity index (χ0) is 12.7. The number of amides is 1. The van der Waals surface area contributed by atoms with Crippen LogP contribution in [0.4, 0.5) is 8.78 Å². The van der Waals surface area contributed by atoms with Gasteiger partial charge in [0.25, 0.3) is 0 Å². The Labute approximate surface area is 104 Å². The van der Waals surface area contributed by atoms with Crippen molar-refractivity contribution in [2.24, 2.45) is 0 Å². The van der Waals surface area contributed by atoms with Gasteiger partial charge in [0.05, 0.1) is 6.42 Å². The number of hydrogen-bond donors (Lipinski definition) is 1. The maximum absolute atomic E-state index is 12.9. The van der Waals surface area contributed by atoms with E-state index < -0.39 is 11.6 Å². The van der Waals surface area contributed by atoms with Crippen LogP contribution in [-0.2, 0) is 11.2 Å². The molecule has 0 aliphatic rings. The minimum atomic E-state index is -0.933. The summed E-state index contributed by atoms with van der Waals surface area (Å²) in [5, 5.41) is 2.69. The molecule has 1 N–H and O–H groups in total. The summed E-state index contributed by atoms with van der Waals surface area (Å²) < 4.78 is 25.5. The number of nitrogens with one attached hydrogen (secondary N) is 1. The predicted molar refractivity (Wildman–Crippen MR) is 63.0 cm³/mol. The Hall–Kier alpha value is -1.16. The molecule has 2 nitrogen and oxygen atoms in total. The quantitative estimate of drug-likeness (QED) is 0.619. The molecule has 0 bridgehead atoms. The zero-order valence-electron chi connectivity index (χ0n) is 9.31. The maximum Gasteiger partial charge on any atom is 0.224 e. The highest BCUT2D eigenvalue weighted by molar-refractivity contribution is 6.17. The number of rotatable bonds is 6. The third kappa shape index (κ3) is 5.13. The minimum Gasteiger partial charge on any atom is -0.356 e. The molecule has 1 rings (SSSR count). The van der Waals surface area contributed by atoms with Crippen LogP contribution < -0.4 is 5.32 Å². The number of carbonyl (C=O) groups excluding carboxylic acids is 1. The molecule has 0 fully saturated rings. The molecule has 0 aliphatic heterocycles. The summed E-state index contributed by atoms with van der Waals surface area (Å²) in [5.74, 6) is -1.47. The number of halogens is 3. The average molecular weight is 262 g/mol. The highest BCUT2D eigenvalue weighted by atomic mass is 35.5. The smallest absolute Gasteiger partial charge is 0.224 e. The van der Waals surface area contributed by atoms with Crippen LogP contribution >= 0.6 is 11.6 Å². The molecule has 1 aromatic carbocycles. The van der Waals surface area contributed by atoms with Gasteiger partial charge in [-0.3, -0.25) is 4.79 Å². The van der Waals surface area contributed by atoms with E-state index >= 15 is 0 Å². The average Bonchev–Trinajstić information content (AvgIpc) is 2.30. The van der Waals surface area contributed by atoms with Crippen LogP contribution in [0.2, 0.25) is 0 Å². The van der Waals surface area contributed by atoms with Gasteiger partial charge in [-0.25, -0.2) is 8.78 Å². The van der Waals surface area contributed by atoms with Crippen LogP contribution in [0.3, 0.4) is 0 Å². The van der Waals surface area contributed by atoms with Gasteiger partial charge in [-0.2, -0.15) is 0 Å². The van der Waals surface area contributed by atoms with Crippen molar-refractivity contribution in [2.45, 2.75) is 19.3 Å². The van der Waals surface area contributed by atoms with Gasteiger partial charge in [0.2, 0.25) is 5.91 Å². The van der Waals surface area contributed by atoms with Crippen LogP contribution in [0.15, 0.2) is 18.2 Å². The van der Waals surface area contributed by atoms with Crippen molar-refractivity contribution in [1.29, 1.82) is 0 Å². The first kappa shape index (κ1) is 13.9. The summed E-state index contributed by atoms with van der Waals surface area (Å²) in [5.41, 5.74) is 0.457. The fraction of sp³-hybridized carbons (Fsp3) is 0.417. The normalized spacial score (nSPS) is 10.3. The number of alkyl halides is 1. The van der Waals surface area contributed by atoms with Crippen LogP contribution in [-0.4, -0.2) is 18.3 Å². The lowest BCUT2D eigenvalue weighted by Crippen LogP contribution is -2.26. The van der Waals surface area contributed by atoms with Crippen LogP contribution in [0.1, 0.15) is 18.4 Å². The second-order valence-electron chi connectivity index (χ2n) is 3.67. The van der Waals surface area contributed by atoms with E-state index in [1.54, 1.807) is 0 Å². The van der Waals surface area contributed by atoms with E-state index in [1.165, 1.54) is 6.07 Å². The van der Waals surface area contributed by atoms with Crippen molar-refractivity contribution in [3.63, 3.8) is 0 Å². The van der Waals surface area contributed by atoms with E-state index in [9.17, 15) is 13.6 Å². The van der Waals surface area contributed by atoms with Gasteiger partial charge in [-0.1, -0.05) is 6.07 Å². The summed E-state index contributed by atoms with van der Waals surface area (Å²) in [6, 6.07) is 3.45. The third-order valence-electron chi connectivity index (χ3n) is 2.23. The molecule has 0 heterocycles. The van der Waals surface area contributed by atoms with Gasteiger partial charge < -0.3 is 5.32 Å². The lowest BCUT2D eigenvalue weighted by Gasteiger charge is -2.05. The summed E-state index contributed by atoms with van der Waals surface area (Å²) in [7, 11) is 0. The Bertz CT molecular complexity index is 385. The highest BCUT2D eigenvalue weighted by Gasteiger charge is 2.06. The van der Waals surface area contributed by atoms with Crippen molar-refractivity contribution in [3.05, 3.63) is 35.4 Å². The molecule has 17 heavy (non-hydrogen) atoms. The SMILES string of the molecule is O=C(Cc1ccc(F)c(F)c1)NCCCCCl. The maximum atomic E-state index is 12.9. The second kappa shape index (κ2) is 7.22. The topological polar surface area (TPSA) is 29.1 Å².